The van der Waals surface area contributed by atoms with Gasteiger partial charge in [-0.3, -0.25) is 0 Å². The molecule has 3 heteroatoms. The monoisotopic (exact) mass is 238 g/mol. The highest BCUT2D eigenvalue weighted by atomic mass is 32.1. The number of thiophene rings is 1. The van der Waals surface area contributed by atoms with E-state index in [9.17, 15) is 0 Å². The molecule has 1 aliphatic heterocycles. The largest absolute Gasteiger partial charge is 0.307 e. The fourth-order valence-corrected chi connectivity index (χ4v) is 3.13. The van der Waals surface area contributed by atoms with Gasteiger partial charge in [-0.15, -0.1) is 11.3 Å². The Labute approximate surface area is 103 Å². The first kappa shape index (κ1) is 12.1. The maximum absolute atomic E-state index is 3.75. The highest BCUT2D eigenvalue weighted by molar-refractivity contribution is 7.10. The highest BCUT2D eigenvalue weighted by Crippen LogP contribution is 2.20. The first-order chi connectivity index (χ1) is 7.79. The number of nitrogens with one attached hydrogen (secondary N) is 1. The van der Waals surface area contributed by atoms with E-state index in [4.69, 9.17) is 0 Å². The van der Waals surface area contributed by atoms with E-state index in [-0.39, 0.29) is 0 Å². The van der Waals surface area contributed by atoms with E-state index in [1.54, 1.807) is 0 Å². The van der Waals surface area contributed by atoms with Gasteiger partial charge < -0.3 is 10.2 Å². The van der Waals surface area contributed by atoms with Crippen LogP contribution in [-0.4, -0.2) is 30.6 Å². The fraction of sp³-hybridized carbons (Fsp3) is 0.692. The highest BCUT2D eigenvalue weighted by Gasteiger charge is 2.19. The molecule has 90 valence electrons. The lowest BCUT2D eigenvalue weighted by Crippen LogP contribution is -2.42. The first-order valence-electron chi connectivity index (χ1n) is 6.31. The Morgan fingerprint density at radius 1 is 1.50 bits per heavy atom. The third-order valence-corrected chi connectivity index (χ3v) is 4.55. The molecule has 1 aromatic rings. The van der Waals surface area contributed by atoms with Crippen LogP contribution in [0.1, 0.15) is 37.6 Å². The molecule has 1 unspecified atom stereocenters. The van der Waals surface area contributed by atoms with Gasteiger partial charge in [0.05, 0.1) is 0 Å². The molecule has 0 spiro atoms. The van der Waals surface area contributed by atoms with Crippen molar-refractivity contribution in [3.8, 4) is 0 Å². The second-order valence-electron chi connectivity index (χ2n) is 4.61. The quantitative estimate of drug-likeness (QED) is 0.867. The van der Waals surface area contributed by atoms with Crippen molar-refractivity contribution in [2.45, 2.75) is 38.8 Å². The van der Waals surface area contributed by atoms with Gasteiger partial charge in [0.1, 0.15) is 0 Å². The summed E-state index contributed by atoms with van der Waals surface area (Å²) in [6, 6.07) is 5.58. The summed E-state index contributed by atoms with van der Waals surface area (Å²) in [4.78, 5) is 3.99. The van der Waals surface area contributed by atoms with Crippen molar-refractivity contribution in [3.05, 3.63) is 22.4 Å². The van der Waals surface area contributed by atoms with Crippen molar-refractivity contribution in [2.24, 2.45) is 0 Å². The van der Waals surface area contributed by atoms with Crippen molar-refractivity contribution in [2.75, 3.05) is 19.6 Å². The van der Waals surface area contributed by atoms with E-state index >= 15 is 0 Å². The summed E-state index contributed by atoms with van der Waals surface area (Å²) >= 11 is 1.85. The normalized spacial score (nSPS) is 21.1. The maximum atomic E-state index is 3.75. The summed E-state index contributed by atoms with van der Waals surface area (Å²) in [5.41, 5.74) is 0. The molecule has 16 heavy (non-hydrogen) atoms. The molecule has 1 aromatic heterocycles. The molecule has 0 saturated carbocycles. The zero-order valence-electron chi connectivity index (χ0n) is 10.3. The van der Waals surface area contributed by atoms with E-state index in [0.717, 1.165) is 0 Å². The lowest BCUT2D eigenvalue weighted by Gasteiger charge is -2.33. The SMILES string of the molecule is CCN1CCC(NC(C)c2cccs2)CC1. The van der Waals surface area contributed by atoms with Gasteiger partial charge in [0.2, 0.25) is 0 Å². The van der Waals surface area contributed by atoms with Crippen LogP contribution in [0.2, 0.25) is 0 Å². The Morgan fingerprint density at radius 2 is 2.25 bits per heavy atom. The summed E-state index contributed by atoms with van der Waals surface area (Å²) in [5.74, 6) is 0. The van der Waals surface area contributed by atoms with E-state index in [1.165, 1.54) is 37.4 Å². The average molecular weight is 238 g/mol. The second kappa shape index (κ2) is 5.80. The van der Waals surface area contributed by atoms with E-state index in [1.807, 2.05) is 11.3 Å². The molecule has 1 saturated heterocycles. The van der Waals surface area contributed by atoms with Gasteiger partial charge in [0.15, 0.2) is 0 Å². The minimum Gasteiger partial charge on any atom is -0.307 e. The Morgan fingerprint density at radius 3 is 2.81 bits per heavy atom. The molecule has 0 aromatic carbocycles. The summed E-state index contributed by atoms with van der Waals surface area (Å²) in [7, 11) is 0. The zero-order valence-corrected chi connectivity index (χ0v) is 11.1. The number of hydrogen-bond donors (Lipinski definition) is 1. The van der Waals surface area contributed by atoms with E-state index < -0.39 is 0 Å². The lowest BCUT2D eigenvalue weighted by atomic mass is 10.0. The minimum absolute atomic E-state index is 0.512. The number of rotatable bonds is 4. The molecule has 2 heterocycles. The standard InChI is InChI=1S/C13H22N2S/c1-3-15-8-6-12(7-9-15)14-11(2)13-5-4-10-16-13/h4-5,10-12,14H,3,6-9H2,1-2H3. The first-order valence-corrected chi connectivity index (χ1v) is 7.19. The van der Waals surface area contributed by atoms with Gasteiger partial charge in [-0.2, -0.15) is 0 Å². The number of hydrogen-bond acceptors (Lipinski definition) is 3. The molecule has 0 bridgehead atoms. The van der Waals surface area contributed by atoms with Gasteiger partial charge in [0.25, 0.3) is 0 Å². The van der Waals surface area contributed by atoms with Crippen LogP contribution in [0, 0.1) is 0 Å². The predicted molar refractivity (Wildman–Crippen MR) is 71.0 cm³/mol. The second-order valence-corrected chi connectivity index (χ2v) is 5.59. The predicted octanol–water partition coefficient (Wildman–Crippen LogP) is 2.88. The molecule has 1 fully saturated rings. The van der Waals surface area contributed by atoms with Crippen molar-refractivity contribution in [1.29, 1.82) is 0 Å². The summed E-state index contributed by atoms with van der Waals surface area (Å²) in [6.45, 7) is 8.24. The third-order valence-electron chi connectivity index (χ3n) is 3.49. The Hall–Kier alpha value is -0.380. The summed E-state index contributed by atoms with van der Waals surface area (Å²) < 4.78 is 0. The van der Waals surface area contributed by atoms with Crippen LogP contribution in [0.5, 0.6) is 0 Å². The van der Waals surface area contributed by atoms with E-state index in [2.05, 4.69) is 41.6 Å². The van der Waals surface area contributed by atoms with E-state index in [0.29, 0.717) is 12.1 Å². The third kappa shape index (κ3) is 3.06. The van der Waals surface area contributed by atoms with Crippen molar-refractivity contribution in [3.63, 3.8) is 0 Å². The molecular formula is C13H22N2S. The average Bonchev–Trinajstić information content (AvgIpc) is 2.83. The molecule has 0 radical (unpaired) electrons. The number of piperidine rings is 1. The van der Waals surface area contributed by atoms with Crippen LogP contribution in [0.4, 0.5) is 0 Å². The Bertz CT molecular complexity index is 289. The van der Waals surface area contributed by atoms with Crippen molar-refractivity contribution >= 4 is 11.3 Å². The maximum Gasteiger partial charge on any atom is 0.0388 e. The molecule has 0 aliphatic carbocycles. The molecule has 1 atom stereocenters. The molecule has 2 rings (SSSR count). The Kier molecular flexibility index (Phi) is 4.38. The Balaban J connectivity index is 1.78. The van der Waals surface area contributed by atoms with Gasteiger partial charge in [-0.25, -0.2) is 0 Å². The van der Waals surface area contributed by atoms with Crippen molar-refractivity contribution in [1.82, 2.24) is 10.2 Å². The van der Waals surface area contributed by atoms with Gasteiger partial charge in [-0.1, -0.05) is 13.0 Å². The molecular weight excluding hydrogens is 216 g/mol. The summed E-state index contributed by atoms with van der Waals surface area (Å²) in [6.07, 6.45) is 2.59. The zero-order chi connectivity index (χ0) is 11.4. The van der Waals surface area contributed by atoms with Crippen LogP contribution < -0.4 is 5.32 Å². The minimum atomic E-state index is 0.512. The molecule has 2 nitrogen and oxygen atoms in total. The smallest absolute Gasteiger partial charge is 0.0388 e. The van der Waals surface area contributed by atoms with Gasteiger partial charge in [0, 0.05) is 17.0 Å². The topological polar surface area (TPSA) is 15.3 Å². The van der Waals surface area contributed by atoms with Gasteiger partial charge in [-0.05, 0) is 50.8 Å². The van der Waals surface area contributed by atoms with Crippen LogP contribution in [0.25, 0.3) is 0 Å². The van der Waals surface area contributed by atoms with Crippen LogP contribution in [0.3, 0.4) is 0 Å². The van der Waals surface area contributed by atoms with Crippen molar-refractivity contribution < 1.29 is 0 Å². The molecule has 1 aliphatic rings. The number of nitrogens with zero attached hydrogens (tertiary/aromatic N) is 1. The van der Waals surface area contributed by atoms with Crippen LogP contribution >= 0.6 is 11.3 Å². The fourth-order valence-electron chi connectivity index (χ4n) is 2.39. The lowest BCUT2D eigenvalue weighted by molar-refractivity contribution is 0.200. The summed E-state index contributed by atoms with van der Waals surface area (Å²) in [5, 5.41) is 5.91. The molecule has 0 amide bonds. The number of likely N-dealkylation sites (tertiary alicyclic amines) is 1. The van der Waals surface area contributed by atoms with Crippen LogP contribution in [-0.2, 0) is 0 Å². The van der Waals surface area contributed by atoms with Gasteiger partial charge >= 0.3 is 0 Å². The van der Waals surface area contributed by atoms with Crippen LogP contribution in [0.15, 0.2) is 17.5 Å². The molecule has 1 N–H and O–H groups in total.